The Bertz CT molecular complexity index is 572. The second-order valence-electron chi connectivity index (χ2n) is 4.33. The molecular weight excluding hydrogens is 333 g/mol. The van der Waals surface area contributed by atoms with Crippen molar-refractivity contribution in [3.05, 3.63) is 68.7 Å². The Morgan fingerprint density at radius 2 is 1.60 bits per heavy atom. The van der Waals surface area contributed by atoms with Gasteiger partial charge >= 0.3 is 0 Å². The first-order chi connectivity index (χ1) is 9.60. The molecular formula is C15H14Cl3NS. The molecule has 1 nitrogen and oxygen atoms in total. The van der Waals surface area contributed by atoms with Gasteiger partial charge in [-0.05, 0) is 35.4 Å². The number of hydrogen-bond donors (Lipinski definition) is 1. The van der Waals surface area contributed by atoms with Crippen LogP contribution >= 0.6 is 46.6 Å². The van der Waals surface area contributed by atoms with Crippen molar-refractivity contribution >= 4 is 46.6 Å². The molecule has 1 atom stereocenters. The summed E-state index contributed by atoms with van der Waals surface area (Å²) in [7, 11) is 0. The molecule has 2 aromatic rings. The van der Waals surface area contributed by atoms with E-state index in [1.165, 1.54) is 5.56 Å². The molecule has 20 heavy (non-hydrogen) atoms. The first kappa shape index (κ1) is 16.0. The van der Waals surface area contributed by atoms with Crippen LogP contribution in [0.5, 0.6) is 0 Å². The second kappa shape index (κ2) is 7.58. The van der Waals surface area contributed by atoms with Gasteiger partial charge in [0, 0.05) is 32.6 Å². The van der Waals surface area contributed by atoms with Gasteiger partial charge in [-0.3, -0.25) is 0 Å². The van der Waals surface area contributed by atoms with Crippen LogP contribution in [0.15, 0.2) is 42.5 Å². The van der Waals surface area contributed by atoms with Crippen molar-refractivity contribution in [2.45, 2.75) is 11.0 Å². The van der Waals surface area contributed by atoms with Gasteiger partial charge in [0.05, 0.1) is 0 Å². The molecule has 0 heterocycles. The summed E-state index contributed by atoms with van der Waals surface area (Å²) in [5.41, 5.74) is 8.10. The maximum atomic E-state index is 6.23. The van der Waals surface area contributed by atoms with Crippen molar-refractivity contribution in [3.8, 4) is 0 Å². The zero-order chi connectivity index (χ0) is 14.5. The maximum absolute atomic E-state index is 6.23. The summed E-state index contributed by atoms with van der Waals surface area (Å²) in [5, 5.41) is 2.19. The van der Waals surface area contributed by atoms with E-state index in [0.29, 0.717) is 16.6 Å². The SMILES string of the molecule is NCC(SCc1ccc(Cl)cc1)c1ccc(Cl)cc1Cl. The van der Waals surface area contributed by atoms with Crippen LogP contribution in [-0.4, -0.2) is 6.54 Å². The smallest absolute Gasteiger partial charge is 0.0464 e. The lowest BCUT2D eigenvalue weighted by atomic mass is 10.1. The summed E-state index contributed by atoms with van der Waals surface area (Å²) in [6.07, 6.45) is 0. The topological polar surface area (TPSA) is 26.0 Å². The molecule has 1 unspecified atom stereocenters. The molecule has 5 heteroatoms. The van der Waals surface area contributed by atoms with Crippen molar-refractivity contribution in [3.63, 3.8) is 0 Å². The second-order valence-corrected chi connectivity index (χ2v) is 6.80. The fourth-order valence-electron chi connectivity index (χ4n) is 1.82. The Kier molecular flexibility index (Phi) is 6.06. The van der Waals surface area contributed by atoms with E-state index in [2.05, 4.69) is 0 Å². The zero-order valence-corrected chi connectivity index (χ0v) is 13.7. The van der Waals surface area contributed by atoms with E-state index in [1.54, 1.807) is 17.8 Å². The van der Waals surface area contributed by atoms with Gasteiger partial charge in [-0.15, -0.1) is 11.8 Å². The largest absolute Gasteiger partial charge is 0.329 e. The minimum atomic E-state index is 0.149. The van der Waals surface area contributed by atoms with E-state index in [9.17, 15) is 0 Å². The normalized spacial score (nSPS) is 12.4. The molecule has 2 aromatic carbocycles. The first-order valence-electron chi connectivity index (χ1n) is 6.11. The number of nitrogens with two attached hydrogens (primary N) is 1. The van der Waals surface area contributed by atoms with Gasteiger partial charge < -0.3 is 5.73 Å². The monoisotopic (exact) mass is 345 g/mol. The van der Waals surface area contributed by atoms with Gasteiger partial charge in [-0.2, -0.15) is 0 Å². The first-order valence-corrected chi connectivity index (χ1v) is 8.29. The Morgan fingerprint density at radius 1 is 0.950 bits per heavy atom. The summed E-state index contributed by atoms with van der Waals surface area (Å²) in [6.45, 7) is 0.527. The molecule has 0 saturated carbocycles. The van der Waals surface area contributed by atoms with Gasteiger partial charge in [0.25, 0.3) is 0 Å². The van der Waals surface area contributed by atoms with Gasteiger partial charge in [0.1, 0.15) is 0 Å². The summed E-state index contributed by atoms with van der Waals surface area (Å²) >= 11 is 19.8. The molecule has 0 amide bonds. The quantitative estimate of drug-likeness (QED) is 0.764. The van der Waals surface area contributed by atoms with Crippen molar-refractivity contribution < 1.29 is 0 Å². The molecule has 106 valence electrons. The van der Waals surface area contributed by atoms with Crippen LogP contribution in [0.3, 0.4) is 0 Å². The van der Waals surface area contributed by atoms with Crippen LogP contribution < -0.4 is 5.73 Å². The summed E-state index contributed by atoms with van der Waals surface area (Å²) in [6, 6.07) is 13.4. The van der Waals surface area contributed by atoms with Crippen LogP contribution in [0.1, 0.15) is 16.4 Å². The van der Waals surface area contributed by atoms with Gasteiger partial charge in [0.2, 0.25) is 0 Å². The highest BCUT2D eigenvalue weighted by Gasteiger charge is 2.14. The van der Waals surface area contributed by atoms with Crippen LogP contribution in [0.25, 0.3) is 0 Å². The number of halogens is 3. The number of benzene rings is 2. The lowest BCUT2D eigenvalue weighted by molar-refractivity contribution is 0.940. The fourth-order valence-corrected chi connectivity index (χ4v) is 3.66. The van der Waals surface area contributed by atoms with E-state index in [-0.39, 0.29) is 5.25 Å². The Balaban J connectivity index is 2.07. The molecule has 2 rings (SSSR count). The van der Waals surface area contributed by atoms with E-state index in [1.807, 2.05) is 36.4 Å². The maximum Gasteiger partial charge on any atom is 0.0464 e. The van der Waals surface area contributed by atoms with Crippen LogP contribution in [0.2, 0.25) is 15.1 Å². The molecule has 0 saturated heterocycles. The predicted octanol–water partition coefficient (Wildman–Crippen LogP) is 5.58. The number of rotatable bonds is 5. The molecule has 0 aliphatic heterocycles. The van der Waals surface area contributed by atoms with Gasteiger partial charge in [0.15, 0.2) is 0 Å². The Hall–Kier alpha value is -0.380. The highest BCUT2D eigenvalue weighted by molar-refractivity contribution is 7.98. The summed E-state index contributed by atoms with van der Waals surface area (Å²) in [5.74, 6) is 0.859. The fraction of sp³-hybridized carbons (Fsp3) is 0.200. The number of thioether (sulfide) groups is 1. The molecule has 2 N–H and O–H groups in total. The van der Waals surface area contributed by atoms with Crippen molar-refractivity contribution in [2.75, 3.05) is 6.54 Å². The van der Waals surface area contributed by atoms with E-state index >= 15 is 0 Å². The van der Waals surface area contributed by atoms with Crippen LogP contribution in [0.4, 0.5) is 0 Å². The average Bonchev–Trinajstić information content (AvgIpc) is 2.43. The molecule has 0 spiro atoms. The standard InChI is InChI=1S/C15H14Cl3NS/c16-11-3-1-10(2-4-11)9-20-15(8-19)13-6-5-12(17)7-14(13)18/h1-7,15H,8-9,19H2. The van der Waals surface area contributed by atoms with Gasteiger partial charge in [-0.1, -0.05) is 53.0 Å². The lowest BCUT2D eigenvalue weighted by Gasteiger charge is -2.16. The van der Waals surface area contributed by atoms with E-state index < -0.39 is 0 Å². The molecule has 0 aromatic heterocycles. The summed E-state index contributed by atoms with van der Waals surface area (Å²) in [4.78, 5) is 0. The highest BCUT2D eigenvalue weighted by atomic mass is 35.5. The Morgan fingerprint density at radius 3 is 2.20 bits per heavy atom. The van der Waals surface area contributed by atoms with Crippen LogP contribution in [0, 0.1) is 0 Å². The number of hydrogen-bond acceptors (Lipinski definition) is 2. The van der Waals surface area contributed by atoms with Crippen molar-refractivity contribution in [1.82, 2.24) is 0 Å². The molecule has 0 bridgehead atoms. The third-order valence-corrected chi connectivity index (χ3v) is 5.05. The van der Waals surface area contributed by atoms with Gasteiger partial charge in [-0.25, -0.2) is 0 Å². The predicted molar refractivity (Wildman–Crippen MR) is 91.0 cm³/mol. The lowest BCUT2D eigenvalue weighted by Crippen LogP contribution is -2.10. The molecule has 0 radical (unpaired) electrons. The highest BCUT2D eigenvalue weighted by Crippen LogP contribution is 2.36. The molecule has 0 aliphatic rings. The Labute approximate surface area is 138 Å². The zero-order valence-electron chi connectivity index (χ0n) is 10.7. The molecule has 0 fully saturated rings. The van der Waals surface area contributed by atoms with Crippen molar-refractivity contribution in [2.24, 2.45) is 5.73 Å². The minimum Gasteiger partial charge on any atom is -0.329 e. The third kappa shape index (κ3) is 4.31. The average molecular weight is 347 g/mol. The molecule has 0 aliphatic carbocycles. The minimum absolute atomic E-state index is 0.149. The van der Waals surface area contributed by atoms with Crippen molar-refractivity contribution in [1.29, 1.82) is 0 Å². The summed E-state index contributed by atoms with van der Waals surface area (Å²) < 4.78 is 0. The van der Waals surface area contributed by atoms with E-state index in [0.717, 1.165) is 16.3 Å². The van der Waals surface area contributed by atoms with E-state index in [4.69, 9.17) is 40.5 Å². The van der Waals surface area contributed by atoms with Crippen LogP contribution in [-0.2, 0) is 5.75 Å². The third-order valence-electron chi connectivity index (χ3n) is 2.89.